The van der Waals surface area contributed by atoms with Crippen LogP contribution in [0.15, 0.2) is 30.0 Å². The van der Waals surface area contributed by atoms with E-state index in [1.165, 1.54) is 14.2 Å². The van der Waals surface area contributed by atoms with Crippen molar-refractivity contribution in [2.45, 2.75) is 19.8 Å². The monoisotopic (exact) mass is 362 g/mol. The maximum Gasteiger partial charge on any atom is 0.354 e. The van der Waals surface area contributed by atoms with E-state index < -0.39 is 11.9 Å². The summed E-state index contributed by atoms with van der Waals surface area (Å²) in [6.07, 6.45) is 3.37. The lowest BCUT2D eigenvalue weighted by atomic mass is 9.99. The molecule has 1 aromatic rings. The molecule has 1 saturated heterocycles. The number of hydrogen-bond acceptors (Lipinski definition) is 7. The molecule has 1 aliphatic rings. The van der Waals surface area contributed by atoms with Crippen LogP contribution in [0.4, 0.5) is 11.4 Å². The Morgan fingerprint density at radius 2 is 1.85 bits per heavy atom. The van der Waals surface area contributed by atoms with Gasteiger partial charge in [0.05, 0.1) is 33.1 Å². The summed E-state index contributed by atoms with van der Waals surface area (Å²) in [5.41, 5.74) is 1.59. The third-order valence-electron chi connectivity index (χ3n) is 4.47. The lowest BCUT2D eigenvalue weighted by molar-refractivity contribution is -0.138. The molecule has 0 amide bonds. The van der Waals surface area contributed by atoms with Crippen LogP contribution in [0.1, 0.15) is 19.8 Å². The summed E-state index contributed by atoms with van der Waals surface area (Å²) in [6.45, 7) is 4.28. The van der Waals surface area contributed by atoms with Gasteiger partial charge in [0.25, 0.3) is 0 Å². The Kier molecular flexibility index (Phi) is 6.89. The third kappa shape index (κ3) is 4.91. The zero-order valence-corrected chi connectivity index (χ0v) is 15.7. The lowest BCUT2D eigenvalue weighted by Gasteiger charge is -2.32. The van der Waals surface area contributed by atoms with Crippen molar-refractivity contribution >= 4 is 23.3 Å². The van der Waals surface area contributed by atoms with Crippen molar-refractivity contribution in [3.05, 3.63) is 30.0 Å². The van der Waals surface area contributed by atoms with Gasteiger partial charge >= 0.3 is 11.9 Å². The molecule has 26 heavy (non-hydrogen) atoms. The summed E-state index contributed by atoms with van der Waals surface area (Å²) in [6, 6.07) is 5.71. The van der Waals surface area contributed by atoms with E-state index in [2.05, 4.69) is 21.9 Å². The summed E-state index contributed by atoms with van der Waals surface area (Å²) in [5, 5.41) is 2.89. The van der Waals surface area contributed by atoms with Crippen molar-refractivity contribution in [2.75, 3.05) is 44.6 Å². The number of hydrogen-bond donors (Lipinski definition) is 1. The van der Waals surface area contributed by atoms with Crippen LogP contribution in [0.5, 0.6) is 5.75 Å². The predicted octanol–water partition coefficient (Wildman–Crippen LogP) is 2.57. The molecule has 1 N–H and O–H groups in total. The average Bonchev–Trinajstić information content (AvgIpc) is 2.67. The number of nitrogens with one attached hydrogen (secondary N) is 1. The Morgan fingerprint density at radius 3 is 2.42 bits per heavy atom. The van der Waals surface area contributed by atoms with Crippen molar-refractivity contribution in [3.8, 4) is 5.75 Å². The van der Waals surface area contributed by atoms with E-state index in [0.29, 0.717) is 11.4 Å². The highest BCUT2D eigenvalue weighted by atomic mass is 16.5. The minimum Gasteiger partial charge on any atom is -0.494 e. The van der Waals surface area contributed by atoms with Gasteiger partial charge in [0.15, 0.2) is 0 Å². The first-order valence-electron chi connectivity index (χ1n) is 8.56. The molecule has 2 rings (SSSR count). The van der Waals surface area contributed by atoms with Gasteiger partial charge in [0.2, 0.25) is 0 Å². The molecule has 7 heteroatoms. The van der Waals surface area contributed by atoms with Crippen molar-refractivity contribution in [3.63, 3.8) is 0 Å². The highest BCUT2D eigenvalue weighted by molar-refractivity contribution is 5.99. The molecule has 1 fully saturated rings. The first kappa shape index (κ1) is 19.6. The summed E-state index contributed by atoms with van der Waals surface area (Å²) in [5.74, 6) is -0.0107. The first-order valence-corrected chi connectivity index (χ1v) is 8.56. The van der Waals surface area contributed by atoms with Crippen LogP contribution in [-0.2, 0) is 19.1 Å². The topological polar surface area (TPSA) is 77.1 Å². The number of nitrogens with zero attached hydrogens (tertiary/aromatic N) is 1. The van der Waals surface area contributed by atoms with Crippen molar-refractivity contribution in [2.24, 2.45) is 5.92 Å². The standard InChI is InChI=1S/C19H26N2O5/c1-13-7-9-21(10-8-13)14-5-6-15(17(11-14)24-2)20-16(19(23)26-4)12-18(22)25-3/h5-6,11-13,20H,7-10H2,1-4H3/b16-12+. The largest absolute Gasteiger partial charge is 0.494 e. The number of anilines is 2. The number of carbonyl (C=O) groups excluding carboxylic acids is 2. The van der Waals surface area contributed by atoms with Crippen LogP contribution in [0.2, 0.25) is 0 Å². The van der Waals surface area contributed by atoms with Crippen LogP contribution < -0.4 is 15.0 Å². The van der Waals surface area contributed by atoms with Crippen LogP contribution >= 0.6 is 0 Å². The van der Waals surface area contributed by atoms with Gasteiger partial charge < -0.3 is 24.4 Å². The summed E-state index contributed by atoms with van der Waals surface area (Å²) < 4.78 is 14.7. The van der Waals surface area contributed by atoms with Crippen molar-refractivity contribution < 1.29 is 23.8 Å². The Morgan fingerprint density at radius 1 is 1.15 bits per heavy atom. The lowest BCUT2D eigenvalue weighted by Crippen LogP contribution is -2.32. The Bertz CT molecular complexity index is 679. The average molecular weight is 362 g/mol. The number of piperidine rings is 1. The minimum atomic E-state index is -0.674. The zero-order valence-electron chi connectivity index (χ0n) is 15.7. The zero-order chi connectivity index (χ0) is 19.1. The Hall–Kier alpha value is -2.70. The molecule has 1 heterocycles. The van der Waals surface area contributed by atoms with Gasteiger partial charge in [-0.2, -0.15) is 0 Å². The molecule has 0 atom stereocenters. The predicted molar refractivity (Wildman–Crippen MR) is 99.3 cm³/mol. The van der Waals surface area contributed by atoms with Crippen LogP contribution in [0.25, 0.3) is 0 Å². The molecule has 1 aromatic carbocycles. The van der Waals surface area contributed by atoms with Gasteiger partial charge in [-0.15, -0.1) is 0 Å². The van der Waals surface area contributed by atoms with E-state index in [4.69, 9.17) is 9.47 Å². The maximum atomic E-state index is 11.9. The normalized spacial score (nSPS) is 15.4. The molecule has 7 nitrogen and oxygen atoms in total. The van der Waals surface area contributed by atoms with Crippen LogP contribution in [-0.4, -0.2) is 46.4 Å². The van der Waals surface area contributed by atoms with E-state index in [0.717, 1.165) is 43.6 Å². The van der Waals surface area contributed by atoms with Gasteiger partial charge in [-0.25, -0.2) is 9.59 Å². The fraction of sp³-hybridized carbons (Fsp3) is 0.474. The molecule has 142 valence electrons. The molecule has 0 unspecified atom stereocenters. The molecule has 0 spiro atoms. The van der Waals surface area contributed by atoms with Crippen molar-refractivity contribution in [1.29, 1.82) is 0 Å². The van der Waals surface area contributed by atoms with E-state index in [1.54, 1.807) is 7.11 Å². The molecule has 0 bridgehead atoms. The number of methoxy groups -OCH3 is 3. The molecular weight excluding hydrogens is 336 g/mol. The molecule has 1 aliphatic heterocycles. The molecule has 0 aliphatic carbocycles. The maximum absolute atomic E-state index is 11.9. The smallest absolute Gasteiger partial charge is 0.354 e. The SMILES string of the molecule is COC(=O)/C=C(/Nc1ccc(N2CCC(C)CC2)cc1OC)C(=O)OC. The van der Waals surface area contributed by atoms with Gasteiger partial charge in [-0.05, 0) is 30.9 Å². The van der Waals surface area contributed by atoms with Gasteiger partial charge in [0, 0.05) is 24.8 Å². The van der Waals surface area contributed by atoms with E-state index >= 15 is 0 Å². The molecular formula is C19H26N2O5. The van der Waals surface area contributed by atoms with Gasteiger partial charge in [-0.3, -0.25) is 0 Å². The number of carbonyl (C=O) groups is 2. The van der Waals surface area contributed by atoms with Gasteiger partial charge in [0.1, 0.15) is 11.4 Å². The van der Waals surface area contributed by atoms with E-state index in [-0.39, 0.29) is 5.70 Å². The van der Waals surface area contributed by atoms with Gasteiger partial charge in [-0.1, -0.05) is 6.92 Å². The summed E-state index contributed by atoms with van der Waals surface area (Å²) in [7, 11) is 4.04. The third-order valence-corrected chi connectivity index (χ3v) is 4.47. The Balaban J connectivity index is 2.24. The van der Waals surface area contributed by atoms with E-state index in [9.17, 15) is 9.59 Å². The fourth-order valence-corrected chi connectivity index (χ4v) is 2.82. The quantitative estimate of drug-likeness (QED) is 0.615. The Labute approximate surface area is 153 Å². The second-order valence-corrected chi connectivity index (χ2v) is 6.25. The van der Waals surface area contributed by atoms with E-state index in [1.807, 2.05) is 18.2 Å². The minimum absolute atomic E-state index is 0.0304. The highest BCUT2D eigenvalue weighted by Crippen LogP contribution is 2.32. The second-order valence-electron chi connectivity index (χ2n) is 6.25. The second kappa shape index (κ2) is 9.12. The number of rotatable bonds is 6. The first-order chi connectivity index (χ1) is 12.5. The summed E-state index contributed by atoms with van der Waals surface area (Å²) in [4.78, 5) is 25.7. The highest BCUT2D eigenvalue weighted by Gasteiger charge is 2.19. The molecule has 0 radical (unpaired) electrons. The number of ether oxygens (including phenoxy) is 3. The number of benzene rings is 1. The van der Waals surface area contributed by atoms with Crippen molar-refractivity contribution in [1.82, 2.24) is 0 Å². The molecule has 0 saturated carbocycles. The molecule has 0 aromatic heterocycles. The van der Waals surface area contributed by atoms with Crippen LogP contribution in [0.3, 0.4) is 0 Å². The summed E-state index contributed by atoms with van der Waals surface area (Å²) >= 11 is 0. The fourth-order valence-electron chi connectivity index (χ4n) is 2.82. The van der Waals surface area contributed by atoms with Crippen LogP contribution in [0, 0.1) is 5.92 Å². The number of esters is 2.